The van der Waals surface area contributed by atoms with E-state index in [1.807, 2.05) is 74.4 Å². The number of ketones is 2. The molecule has 0 radical (unpaired) electrons. The summed E-state index contributed by atoms with van der Waals surface area (Å²) < 4.78 is 15.3. The van der Waals surface area contributed by atoms with Crippen molar-refractivity contribution >= 4 is 29.5 Å². The second kappa shape index (κ2) is 27.2. The zero-order valence-electron chi connectivity index (χ0n) is 31.6. The van der Waals surface area contributed by atoms with Crippen molar-refractivity contribution in [3.05, 3.63) is 65.2 Å². The molecule has 0 bridgehead atoms. The second-order valence-corrected chi connectivity index (χ2v) is 11.9. The summed E-state index contributed by atoms with van der Waals surface area (Å²) in [4.78, 5) is 57.9. The lowest BCUT2D eigenvalue weighted by Gasteiger charge is -2.13. The highest BCUT2D eigenvalue weighted by Crippen LogP contribution is 2.20. The Balaban J connectivity index is 0. The van der Waals surface area contributed by atoms with Gasteiger partial charge in [-0.25, -0.2) is 4.79 Å². The molecular weight excluding hydrogens is 608 g/mol. The Morgan fingerprint density at radius 3 is 1.58 bits per heavy atom. The first-order valence-corrected chi connectivity index (χ1v) is 17.5. The molecule has 0 aliphatic carbocycles. The maximum Gasteiger partial charge on any atom is 0.341 e. The fraction of sp³-hybridized carbons (Fsp3) is 0.575. The summed E-state index contributed by atoms with van der Waals surface area (Å²) in [6, 6.07) is 14.6. The molecule has 0 aromatic heterocycles. The zero-order chi connectivity index (χ0) is 37.2. The van der Waals surface area contributed by atoms with Gasteiger partial charge in [-0.05, 0) is 55.4 Å². The van der Waals surface area contributed by atoms with Gasteiger partial charge in [0, 0.05) is 31.6 Å². The van der Waals surface area contributed by atoms with E-state index in [0.717, 1.165) is 12.0 Å². The molecule has 8 heteroatoms. The summed E-state index contributed by atoms with van der Waals surface area (Å²) in [6.45, 7) is 23.4. The van der Waals surface area contributed by atoms with E-state index in [4.69, 9.17) is 14.2 Å². The van der Waals surface area contributed by atoms with Crippen molar-refractivity contribution in [3.8, 4) is 5.75 Å². The van der Waals surface area contributed by atoms with Crippen LogP contribution in [0.1, 0.15) is 136 Å². The van der Waals surface area contributed by atoms with Crippen LogP contribution in [0.3, 0.4) is 0 Å². The number of ether oxygens (including phenoxy) is 3. The van der Waals surface area contributed by atoms with Crippen molar-refractivity contribution in [2.45, 2.75) is 121 Å². The van der Waals surface area contributed by atoms with Gasteiger partial charge in [-0.3, -0.25) is 19.2 Å². The third-order valence-electron chi connectivity index (χ3n) is 6.74. The van der Waals surface area contributed by atoms with Crippen LogP contribution in [0.5, 0.6) is 5.75 Å². The number of hydrogen-bond acceptors (Lipinski definition) is 8. The maximum absolute atomic E-state index is 12.1. The molecule has 0 amide bonds. The van der Waals surface area contributed by atoms with Crippen LogP contribution in [-0.4, -0.2) is 42.7 Å². The van der Waals surface area contributed by atoms with Crippen molar-refractivity contribution in [1.82, 2.24) is 0 Å². The predicted octanol–water partition coefficient (Wildman–Crippen LogP) is 9.36. The first kappa shape index (κ1) is 46.3. The van der Waals surface area contributed by atoms with Gasteiger partial charge >= 0.3 is 17.9 Å². The average Bonchev–Trinajstić information content (AvgIpc) is 3.06. The summed E-state index contributed by atoms with van der Waals surface area (Å²) in [7, 11) is 0. The maximum atomic E-state index is 12.1. The number of carbonyl (C=O) groups is 5. The zero-order valence-corrected chi connectivity index (χ0v) is 31.6. The monoisotopic (exact) mass is 670 g/mol. The van der Waals surface area contributed by atoms with E-state index in [9.17, 15) is 24.0 Å². The molecule has 2 rings (SSSR count). The minimum absolute atomic E-state index is 0.00889. The van der Waals surface area contributed by atoms with Crippen LogP contribution in [-0.2, 0) is 35.1 Å². The van der Waals surface area contributed by atoms with Crippen molar-refractivity contribution in [2.24, 2.45) is 17.8 Å². The third-order valence-corrected chi connectivity index (χ3v) is 6.74. The minimum atomic E-state index is -0.566. The van der Waals surface area contributed by atoms with Crippen molar-refractivity contribution in [1.29, 1.82) is 0 Å². The summed E-state index contributed by atoms with van der Waals surface area (Å²) in [5.74, 6) is -0.366. The van der Waals surface area contributed by atoms with E-state index in [0.29, 0.717) is 38.2 Å². The van der Waals surface area contributed by atoms with Gasteiger partial charge in [0.15, 0.2) is 0 Å². The van der Waals surface area contributed by atoms with Crippen LogP contribution < -0.4 is 4.74 Å². The predicted molar refractivity (Wildman–Crippen MR) is 193 cm³/mol. The standard InChI is InChI=1S/C20H30O3.C16H20O5.2C2H6/c1-14(2)13-17-8-10-18(11-9-17)16(5)20(22)23-12-6-7-19(21)15(3)4;1-11(2)14(18)8-6-10-20-16(19)13-7-4-5-9-15(13)21-12(3)17;2*1-2/h8-11,14-16H,6-7,12-13H2,1-5H3;4-5,7,9,11H,6,8,10H2,1-3H3;2*1-2H3. The summed E-state index contributed by atoms with van der Waals surface area (Å²) in [5, 5.41) is 0. The Morgan fingerprint density at radius 1 is 0.646 bits per heavy atom. The highest BCUT2D eigenvalue weighted by atomic mass is 16.5. The first-order valence-electron chi connectivity index (χ1n) is 17.5. The van der Waals surface area contributed by atoms with Crippen LogP contribution in [0.15, 0.2) is 48.5 Å². The molecular formula is C40H62O8. The van der Waals surface area contributed by atoms with E-state index >= 15 is 0 Å². The van der Waals surface area contributed by atoms with Gasteiger partial charge in [-0.2, -0.15) is 0 Å². The lowest BCUT2D eigenvalue weighted by atomic mass is 9.97. The average molecular weight is 671 g/mol. The quantitative estimate of drug-likeness (QED) is 0.0986. The van der Waals surface area contributed by atoms with E-state index in [-0.39, 0.29) is 53.2 Å². The Morgan fingerprint density at radius 2 is 1.12 bits per heavy atom. The van der Waals surface area contributed by atoms with Gasteiger partial charge in [0.05, 0.1) is 19.1 Å². The van der Waals surface area contributed by atoms with Crippen LogP contribution >= 0.6 is 0 Å². The molecule has 0 saturated carbocycles. The Bertz CT molecular complexity index is 1210. The summed E-state index contributed by atoms with van der Waals surface area (Å²) in [6.07, 6.45) is 2.99. The topological polar surface area (TPSA) is 113 Å². The van der Waals surface area contributed by atoms with E-state index in [2.05, 4.69) is 26.0 Å². The van der Waals surface area contributed by atoms with Crippen LogP contribution in [0.2, 0.25) is 0 Å². The molecule has 1 unspecified atom stereocenters. The SMILES string of the molecule is CC.CC.CC(=O)Oc1ccccc1C(=O)OCCCC(=O)C(C)C.CC(C)Cc1ccc(C(C)C(=O)OCCCC(=O)C(C)C)cc1. The largest absolute Gasteiger partial charge is 0.465 e. The summed E-state index contributed by atoms with van der Waals surface area (Å²) in [5.41, 5.74) is 2.46. The fourth-order valence-electron chi connectivity index (χ4n) is 4.04. The van der Waals surface area contributed by atoms with Crippen LogP contribution in [0.25, 0.3) is 0 Å². The highest BCUT2D eigenvalue weighted by Gasteiger charge is 2.18. The van der Waals surface area contributed by atoms with Gasteiger partial charge in [0.25, 0.3) is 0 Å². The molecule has 0 aliphatic rings. The Hall–Kier alpha value is -3.81. The lowest BCUT2D eigenvalue weighted by Crippen LogP contribution is -2.15. The van der Waals surface area contributed by atoms with Gasteiger partial charge in [0.1, 0.15) is 22.9 Å². The number of benzene rings is 2. The number of hydrogen-bond donors (Lipinski definition) is 0. The minimum Gasteiger partial charge on any atom is -0.465 e. The van der Waals surface area contributed by atoms with E-state index in [1.165, 1.54) is 24.6 Å². The molecule has 0 heterocycles. The van der Waals surface area contributed by atoms with Gasteiger partial charge in [-0.1, -0.05) is 106 Å². The van der Waals surface area contributed by atoms with E-state index < -0.39 is 11.9 Å². The lowest BCUT2D eigenvalue weighted by molar-refractivity contribution is -0.145. The fourth-order valence-corrected chi connectivity index (χ4v) is 4.04. The van der Waals surface area contributed by atoms with Gasteiger partial charge in [0.2, 0.25) is 0 Å². The molecule has 0 N–H and O–H groups in total. The number of rotatable bonds is 16. The number of carbonyl (C=O) groups excluding carboxylic acids is 5. The highest BCUT2D eigenvalue weighted by molar-refractivity contribution is 5.93. The first-order chi connectivity index (χ1) is 22.7. The van der Waals surface area contributed by atoms with Crippen LogP contribution in [0.4, 0.5) is 0 Å². The Kier molecular flexibility index (Phi) is 26.2. The molecule has 1 atom stereocenters. The molecule has 270 valence electrons. The van der Waals surface area contributed by atoms with E-state index in [1.54, 1.807) is 12.1 Å². The molecule has 8 nitrogen and oxygen atoms in total. The molecule has 0 spiro atoms. The third kappa shape index (κ3) is 20.4. The number of esters is 3. The van der Waals surface area contributed by atoms with Crippen LogP contribution in [0, 0.1) is 17.8 Å². The number of para-hydroxylation sites is 1. The van der Waals surface area contributed by atoms with Gasteiger partial charge in [-0.15, -0.1) is 0 Å². The van der Waals surface area contributed by atoms with Crippen molar-refractivity contribution < 1.29 is 38.2 Å². The van der Waals surface area contributed by atoms with Crippen molar-refractivity contribution in [3.63, 3.8) is 0 Å². The Labute approximate surface area is 290 Å². The molecule has 48 heavy (non-hydrogen) atoms. The second-order valence-electron chi connectivity index (χ2n) is 11.9. The normalized spacial score (nSPS) is 10.7. The molecule has 2 aromatic rings. The molecule has 0 aliphatic heterocycles. The molecule has 0 saturated heterocycles. The number of Topliss-reactive ketones (excluding diaryl/α,β-unsaturated/α-hetero) is 2. The summed E-state index contributed by atoms with van der Waals surface area (Å²) >= 11 is 0. The molecule has 2 aromatic carbocycles. The van der Waals surface area contributed by atoms with Gasteiger partial charge < -0.3 is 14.2 Å². The smallest absolute Gasteiger partial charge is 0.341 e. The van der Waals surface area contributed by atoms with Crippen molar-refractivity contribution in [2.75, 3.05) is 13.2 Å². The molecule has 0 fully saturated rings.